The molecule has 2 aromatic heterocycles. The fraction of sp³-hybridized carbons (Fsp3) is 0.400. The molecule has 1 aliphatic rings. The molecule has 0 radical (unpaired) electrons. The fourth-order valence-electron chi connectivity index (χ4n) is 1.94. The summed E-state index contributed by atoms with van der Waals surface area (Å²) in [6, 6.07) is 3.95. The van der Waals surface area contributed by atoms with Gasteiger partial charge in [0, 0.05) is 18.7 Å². The molecule has 1 aliphatic heterocycles. The Labute approximate surface area is 95.8 Å². The van der Waals surface area contributed by atoms with E-state index in [0.717, 1.165) is 35.5 Å². The van der Waals surface area contributed by atoms with Crippen LogP contribution in [0.1, 0.15) is 18.2 Å². The highest BCUT2D eigenvalue weighted by molar-refractivity contribution is 9.10. The van der Waals surface area contributed by atoms with Gasteiger partial charge in [0.05, 0.1) is 4.47 Å². The maximum Gasteiger partial charge on any atom is 0.169 e. The average Bonchev–Trinajstić information content (AvgIpc) is 2.86. The van der Waals surface area contributed by atoms with Crippen LogP contribution in [0.25, 0.3) is 5.65 Å². The molecule has 1 unspecified atom stereocenters. The fourth-order valence-corrected chi connectivity index (χ4v) is 2.36. The van der Waals surface area contributed by atoms with Crippen LogP contribution >= 0.6 is 15.9 Å². The minimum Gasteiger partial charge on any atom is -0.316 e. The molecule has 4 nitrogen and oxygen atoms in total. The van der Waals surface area contributed by atoms with E-state index in [-0.39, 0.29) is 0 Å². The lowest BCUT2D eigenvalue weighted by Crippen LogP contribution is -2.08. The number of fused-ring (bicyclic) bond motifs is 1. The zero-order valence-corrected chi connectivity index (χ0v) is 9.74. The quantitative estimate of drug-likeness (QED) is 0.852. The molecule has 0 aliphatic carbocycles. The van der Waals surface area contributed by atoms with E-state index in [9.17, 15) is 0 Å². The van der Waals surface area contributed by atoms with Crippen molar-refractivity contribution >= 4 is 21.6 Å². The van der Waals surface area contributed by atoms with Gasteiger partial charge >= 0.3 is 0 Å². The van der Waals surface area contributed by atoms with Crippen molar-refractivity contribution in [3.63, 3.8) is 0 Å². The molecule has 15 heavy (non-hydrogen) atoms. The maximum atomic E-state index is 4.56. The second kappa shape index (κ2) is 3.57. The number of nitrogens with one attached hydrogen (secondary N) is 1. The summed E-state index contributed by atoms with van der Waals surface area (Å²) < 4.78 is 2.83. The number of pyridine rings is 1. The Hall–Kier alpha value is -0.940. The van der Waals surface area contributed by atoms with Crippen LogP contribution < -0.4 is 5.32 Å². The molecule has 1 fully saturated rings. The van der Waals surface area contributed by atoms with Crippen LogP contribution in [-0.4, -0.2) is 27.7 Å². The minimum atomic E-state index is 0.469. The first-order valence-electron chi connectivity index (χ1n) is 5.06. The monoisotopic (exact) mass is 266 g/mol. The van der Waals surface area contributed by atoms with Gasteiger partial charge in [0.1, 0.15) is 0 Å². The topological polar surface area (TPSA) is 42.2 Å². The number of halogens is 1. The Morgan fingerprint density at radius 2 is 2.47 bits per heavy atom. The van der Waals surface area contributed by atoms with Crippen LogP contribution in [0.3, 0.4) is 0 Å². The van der Waals surface area contributed by atoms with E-state index in [1.807, 2.05) is 22.8 Å². The Morgan fingerprint density at radius 3 is 3.20 bits per heavy atom. The van der Waals surface area contributed by atoms with Crippen molar-refractivity contribution in [2.75, 3.05) is 13.1 Å². The summed E-state index contributed by atoms with van der Waals surface area (Å²) in [5, 5.41) is 7.82. The molecule has 0 aromatic carbocycles. The third-order valence-corrected chi connectivity index (χ3v) is 3.38. The zero-order chi connectivity index (χ0) is 10.3. The molecule has 2 aromatic rings. The summed E-state index contributed by atoms with van der Waals surface area (Å²) in [4.78, 5) is 4.56. The van der Waals surface area contributed by atoms with Crippen molar-refractivity contribution in [2.45, 2.75) is 12.3 Å². The second-order valence-corrected chi connectivity index (χ2v) is 4.64. The summed E-state index contributed by atoms with van der Waals surface area (Å²) in [7, 11) is 0. The van der Waals surface area contributed by atoms with E-state index in [1.165, 1.54) is 0 Å². The van der Waals surface area contributed by atoms with Gasteiger partial charge in [-0.15, -0.1) is 0 Å². The third-order valence-electron chi connectivity index (χ3n) is 2.76. The van der Waals surface area contributed by atoms with E-state index in [4.69, 9.17) is 0 Å². The molecule has 1 atom stereocenters. The molecule has 0 amide bonds. The van der Waals surface area contributed by atoms with Crippen molar-refractivity contribution < 1.29 is 0 Å². The highest BCUT2D eigenvalue weighted by atomic mass is 79.9. The van der Waals surface area contributed by atoms with Crippen molar-refractivity contribution in [2.24, 2.45) is 0 Å². The van der Waals surface area contributed by atoms with Gasteiger partial charge in [-0.2, -0.15) is 5.10 Å². The molecular weight excluding hydrogens is 256 g/mol. The predicted octanol–water partition coefficient (Wildman–Crippen LogP) is 1.57. The van der Waals surface area contributed by atoms with Crippen LogP contribution in [0.15, 0.2) is 22.8 Å². The summed E-state index contributed by atoms with van der Waals surface area (Å²) >= 11 is 3.48. The number of nitrogens with zero attached hydrogens (tertiary/aromatic N) is 3. The van der Waals surface area contributed by atoms with Crippen LogP contribution in [-0.2, 0) is 0 Å². The summed E-state index contributed by atoms with van der Waals surface area (Å²) in [5.74, 6) is 1.42. The SMILES string of the molecule is Brc1cccn2nc(C3CCNC3)nc12. The molecule has 0 saturated carbocycles. The summed E-state index contributed by atoms with van der Waals surface area (Å²) in [6.45, 7) is 2.07. The lowest BCUT2D eigenvalue weighted by molar-refractivity contribution is 0.698. The largest absolute Gasteiger partial charge is 0.316 e. The normalized spacial score (nSPS) is 21.3. The molecule has 5 heteroatoms. The third kappa shape index (κ3) is 1.55. The van der Waals surface area contributed by atoms with Crippen molar-refractivity contribution in [1.29, 1.82) is 0 Å². The Balaban J connectivity index is 2.09. The molecule has 3 heterocycles. The molecule has 0 bridgehead atoms. The number of rotatable bonds is 1. The van der Waals surface area contributed by atoms with Crippen LogP contribution in [0.2, 0.25) is 0 Å². The second-order valence-electron chi connectivity index (χ2n) is 3.78. The Bertz CT molecular complexity index is 487. The van der Waals surface area contributed by atoms with Crippen molar-refractivity contribution in [3.8, 4) is 0 Å². The molecule has 78 valence electrons. The van der Waals surface area contributed by atoms with Crippen molar-refractivity contribution in [1.82, 2.24) is 19.9 Å². The summed E-state index contributed by atoms with van der Waals surface area (Å²) in [6.07, 6.45) is 3.06. The van der Waals surface area contributed by atoms with Crippen LogP contribution in [0, 0.1) is 0 Å². The highest BCUT2D eigenvalue weighted by Gasteiger charge is 2.21. The van der Waals surface area contributed by atoms with Gasteiger partial charge in [-0.1, -0.05) is 0 Å². The number of hydrogen-bond donors (Lipinski definition) is 1. The smallest absolute Gasteiger partial charge is 0.169 e. The molecule has 1 saturated heterocycles. The van der Waals surface area contributed by atoms with Gasteiger partial charge in [-0.25, -0.2) is 9.50 Å². The van der Waals surface area contributed by atoms with Gasteiger partial charge in [-0.3, -0.25) is 0 Å². The average molecular weight is 267 g/mol. The first-order valence-corrected chi connectivity index (χ1v) is 5.85. The van der Waals surface area contributed by atoms with E-state index < -0.39 is 0 Å². The molecular formula is C10H11BrN4. The molecule has 1 N–H and O–H groups in total. The highest BCUT2D eigenvalue weighted by Crippen LogP contribution is 2.22. The standard InChI is InChI=1S/C10H11BrN4/c11-8-2-1-5-15-10(8)13-9(14-15)7-3-4-12-6-7/h1-2,5,7,12H,3-4,6H2. The predicted molar refractivity (Wildman–Crippen MR) is 60.9 cm³/mol. The number of hydrogen-bond acceptors (Lipinski definition) is 3. The van der Waals surface area contributed by atoms with Gasteiger partial charge in [-0.05, 0) is 41.0 Å². The summed E-state index contributed by atoms with van der Waals surface area (Å²) in [5.41, 5.74) is 0.902. The maximum absolute atomic E-state index is 4.56. The lowest BCUT2D eigenvalue weighted by Gasteiger charge is -1.99. The molecule has 3 rings (SSSR count). The minimum absolute atomic E-state index is 0.469. The van der Waals surface area contributed by atoms with E-state index in [1.54, 1.807) is 0 Å². The first-order chi connectivity index (χ1) is 7.34. The Kier molecular flexibility index (Phi) is 2.21. The van der Waals surface area contributed by atoms with E-state index >= 15 is 0 Å². The molecule has 0 spiro atoms. The van der Waals surface area contributed by atoms with Gasteiger partial charge in [0.25, 0.3) is 0 Å². The first kappa shape index (κ1) is 9.30. The lowest BCUT2D eigenvalue weighted by atomic mass is 10.1. The zero-order valence-electron chi connectivity index (χ0n) is 8.15. The number of aromatic nitrogens is 3. The van der Waals surface area contributed by atoms with Gasteiger partial charge < -0.3 is 5.32 Å². The van der Waals surface area contributed by atoms with Gasteiger partial charge in [0.15, 0.2) is 11.5 Å². The van der Waals surface area contributed by atoms with Crippen LogP contribution in [0.4, 0.5) is 0 Å². The van der Waals surface area contributed by atoms with E-state index in [2.05, 4.69) is 31.3 Å². The van der Waals surface area contributed by atoms with Crippen molar-refractivity contribution in [3.05, 3.63) is 28.6 Å². The van der Waals surface area contributed by atoms with Gasteiger partial charge in [0.2, 0.25) is 0 Å². The van der Waals surface area contributed by atoms with E-state index in [0.29, 0.717) is 5.92 Å². The van der Waals surface area contributed by atoms with Crippen LogP contribution in [0.5, 0.6) is 0 Å². The Morgan fingerprint density at radius 1 is 1.53 bits per heavy atom.